The average Bonchev–Trinajstić information content (AvgIpc) is 2.94. The second-order valence-corrected chi connectivity index (χ2v) is 8.03. The van der Waals surface area contributed by atoms with Gasteiger partial charge in [0, 0.05) is 30.6 Å². The van der Waals surface area contributed by atoms with Gasteiger partial charge in [-0.05, 0) is 69.3 Å². The summed E-state index contributed by atoms with van der Waals surface area (Å²) in [5.41, 5.74) is 1.11. The third-order valence-corrected chi connectivity index (χ3v) is 6.48. The number of nitrogens with zero attached hydrogens (tertiary/aromatic N) is 2. The molecule has 2 fully saturated rings. The maximum atomic E-state index is 14.3. The molecule has 0 radical (unpaired) electrons. The molecule has 0 bridgehead atoms. The molecule has 1 aromatic rings. The van der Waals surface area contributed by atoms with Crippen molar-refractivity contribution in [2.45, 2.75) is 57.4 Å². The van der Waals surface area contributed by atoms with Gasteiger partial charge in [0.2, 0.25) is 5.91 Å². The molecule has 0 unspecified atom stereocenters. The second kappa shape index (κ2) is 7.63. The van der Waals surface area contributed by atoms with Crippen molar-refractivity contribution >= 4 is 5.91 Å². The van der Waals surface area contributed by atoms with Crippen molar-refractivity contribution < 1.29 is 13.6 Å². The monoisotopic (exact) mass is 362 g/mol. The number of amides is 1. The van der Waals surface area contributed by atoms with E-state index in [2.05, 4.69) is 9.80 Å². The van der Waals surface area contributed by atoms with Gasteiger partial charge in [0.05, 0.1) is 0 Å². The lowest BCUT2D eigenvalue weighted by Gasteiger charge is -2.37. The van der Waals surface area contributed by atoms with Gasteiger partial charge < -0.3 is 4.90 Å². The molecule has 0 saturated carbocycles. The fourth-order valence-electron chi connectivity index (χ4n) is 5.02. The predicted molar refractivity (Wildman–Crippen MR) is 96.8 cm³/mol. The quantitative estimate of drug-likeness (QED) is 0.792. The fraction of sp³-hybridized carbons (Fsp3) is 0.667. The van der Waals surface area contributed by atoms with Crippen LogP contribution in [0, 0.1) is 17.6 Å². The van der Waals surface area contributed by atoms with Crippen molar-refractivity contribution in [2.24, 2.45) is 5.92 Å². The van der Waals surface area contributed by atoms with Gasteiger partial charge in [-0.1, -0.05) is 12.8 Å². The molecule has 4 rings (SSSR count). The van der Waals surface area contributed by atoms with Crippen LogP contribution in [-0.2, 0) is 11.2 Å². The molecule has 0 aromatic heterocycles. The maximum absolute atomic E-state index is 14.3. The molecule has 2 saturated heterocycles. The Labute approximate surface area is 154 Å². The highest BCUT2D eigenvalue weighted by Gasteiger charge is 2.36. The lowest BCUT2D eigenvalue weighted by Crippen LogP contribution is -2.43. The van der Waals surface area contributed by atoms with Gasteiger partial charge in [0.1, 0.15) is 11.6 Å². The van der Waals surface area contributed by atoms with Crippen LogP contribution in [0.2, 0.25) is 0 Å². The van der Waals surface area contributed by atoms with Crippen LogP contribution < -0.4 is 0 Å². The Morgan fingerprint density at radius 2 is 1.54 bits per heavy atom. The van der Waals surface area contributed by atoms with E-state index >= 15 is 0 Å². The molecule has 142 valence electrons. The summed E-state index contributed by atoms with van der Waals surface area (Å²) in [6.07, 6.45) is 7.74. The number of hydrogen-bond donors (Lipinski definition) is 0. The lowest BCUT2D eigenvalue weighted by molar-refractivity contribution is -0.137. The second-order valence-electron chi connectivity index (χ2n) is 8.03. The van der Waals surface area contributed by atoms with Gasteiger partial charge in [-0.2, -0.15) is 0 Å². The number of hydrogen-bond acceptors (Lipinski definition) is 2. The van der Waals surface area contributed by atoms with Crippen LogP contribution in [0.5, 0.6) is 0 Å². The van der Waals surface area contributed by atoms with E-state index in [1.807, 2.05) is 0 Å². The van der Waals surface area contributed by atoms with Crippen molar-refractivity contribution in [3.05, 3.63) is 34.9 Å². The van der Waals surface area contributed by atoms with Crippen LogP contribution in [0.3, 0.4) is 0 Å². The van der Waals surface area contributed by atoms with Crippen LogP contribution in [0.15, 0.2) is 12.1 Å². The lowest BCUT2D eigenvalue weighted by atomic mass is 9.93. The Morgan fingerprint density at radius 1 is 0.885 bits per heavy atom. The average molecular weight is 362 g/mol. The van der Waals surface area contributed by atoms with E-state index in [0.717, 1.165) is 58.3 Å². The van der Waals surface area contributed by atoms with Gasteiger partial charge in [-0.3, -0.25) is 9.69 Å². The zero-order valence-corrected chi connectivity index (χ0v) is 15.4. The van der Waals surface area contributed by atoms with E-state index in [-0.39, 0.29) is 23.6 Å². The molecular formula is C21H28F2N2O. The van der Waals surface area contributed by atoms with Gasteiger partial charge in [-0.25, -0.2) is 8.78 Å². The summed E-state index contributed by atoms with van der Waals surface area (Å²) < 4.78 is 28.3. The SMILES string of the molecule is O=C(C1CCN([C@@H]2CCc3c(F)ccc(F)c32)CC1)N1CCCCCC1. The summed E-state index contributed by atoms with van der Waals surface area (Å²) in [7, 11) is 0. The summed E-state index contributed by atoms with van der Waals surface area (Å²) >= 11 is 0. The van der Waals surface area contributed by atoms with Crippen molar-refractivity contribution in [2.75, 3.05) is 26.2 Å². The minimum atomic E-state index is -0.285. The van der Waals surface area contributed by atoms with Crippen LogP contribution in [-0.4, -0.2) is 41.9 Å². The third-order valence-electron chi connectivity index (χ3n) is 6.48. The van der Waals surface area contributed by atoms with E-state index in [0.29, 0.717) is 23.5 Å². The zero-order valence-electron chi connectivity index (χ0n) is 15.4. The number of benzene rings is 1. The number of fused-ring (bicyclic) bond motifs is 1. The summed E-state index contributed by atoms with van der Waals surface area (Å²) in [6.45, 7) is 3.40. The minimum Gasteiger partial charge on any atom is -0.342 e. The minimum absolute atomic E-state index is 0.0325. The molecule has 26 heavy (non-hydrogen) atoms. The van der Waals surface area contributed by atoms with Gasteiger partial charge in [0.15, 0.2) is 0 Å². The number of carbonyl (C=O) groups is 1. The number of piperidine rings is 1. The third kappa shape index (κ3) is 3.38. The molecular weight excluding hydrogens is 334 g/mol. The number of halogens is 2. The normalized spacial score (nSPS) is 25.2. The highest BCUT2D eigenvalue weighted by Crippen LogP contribution is 2.40. The van der Waals surface area contributed by atoms with E-state index in [1.54, 1.807) is 0 Å². The first-order chi connectivity index (χ1) is 12.6. The molecule has 0 N–H and O–H groups in total. The summed E-state index contributed by atoms with van der Waals surface area (Å²) in [6, 6.07) is 2.46. The molecule has 1 aromatic carbocycles. The first-order valence-electron chi connectivity index (χ1n) is 10.1. The number of carbonyl (C=O) groups excluding carboxylic acids is 1. The molecule has 1 amide bonds. The van der Waals surface area contributed by atoms with Crippen molar-refractivity contribution in [1.82, 2.24) is 9.80 Å². The van der Waals surface area contributed by atoms with Crippen molar-refractivity contribution in [3.8, 4) is 0 Å². The number of likely N-dealkylation sites (tertiary alicyclic amines) is 2. The van der Waals surface area contributed by atoms with Gasteiger partial charge >= 0.3 is 0 Å². The van der Waals surface area contributed by atoms with E-state index in [9.17, 15) is 13.6 Å². The molecule has 3 aliphatic rings. The van der Waals surface area contributed by atoms with Crippen molar-refractivity contribution in [1.29, 1.82) is 0 Å². The zero-order chi connectivity index (χ0) is 18.1. The van der Waals surface area contributed by atoms with E-state index < -0.39 is 0 Å². The molecule has 1 atom stereocenters. The van der Waals surface area contributed by atoms with Crippen LogP contribution in [0.25, 0.3) is 0 Å². The number of rotatable bonds is 2. The van der Waals surface area contributed by atoms with E-state index in [4.69, 9.17) is 0 Å². The van der Waals surface area contributed by atoms with Crippen LogP contribution in [0.4, 0.5) is 8.78 Å². The first-order valence-corrected chi connectivity index (χ1v) is 10.1. The molecule has 5 heteroatoms. The topological polar surface area (TPSA) is 23.6 Å². The van der Waals surface area contributed by atoms with Crippen molar-refractivity contribution in [3.63, 3.8) is 0 Å². The summed E-state index contributed by atoms with van der Waals surface area (Å²) in [4.78, 5) is 17.2. The Kier molecular flexibility index (Phi) is 5.25. The molecule has 2 heterocycles. The molecule has 1 aliphatic carbocycles. The first kappa shape index (κ1) is 17.9. The molecule has 2 aliphatic heterocycles. The highest BCUT2D eigenvalue weighted by molar-refractivity contribution is 5.79. The molecule has 3 nitrogen and oxygen atoms in total. The van der Waals surface area contributed by atoms with Gasteiger partial charge in [0.25, 0.3) is 0 Å². The summed E-state index contributed by atoms with van der Waals surface area (Å²) in [5.74, 6) is -0.153. The predicted octanol–water partition coefficient (Wildman–Crippen LogP) is 4.07. The maximum Gasteiger partial charge on any atom is 0.225 e. The van der Waals surface area contributed by atoms with E-state index in [1.165, 1.54) is 25.0 Å². The fourth-order valence-corrected chi connectivity index (χ4v) is 5.02. The van der Waals surface area contributed by atoms with Gasteiger partial charge in [-0.15, -0.1) is 0 Å². The standard InChI is InChI=1S/C21H28F2N2O/c22-17-6-7-18(23)20-16(17)5-8-19(20)24-13-9-15(10-14-24)21(26)25-11-3-1-2-4-12-25/h6-7,15,19H,1-5,8-14H2/t19-/m1/s1. The van der Waals surface area contributed by atoms with Crippen LogP contribution in [0.1, 0.15) is 62.1 Å². The van der Waals surface area contributed by atoms with Crippen LogP contribution >= 0.6 is 0 Å². The summed E-state index contributed by atoms with van der Waals surface area (Å²) in [5, 5.41) is 0. The Bertz CT molecular complexity index is 662. The Morgan fingerprint density at radius 3 is 2.23 bits per heavy atom. The molecule has 0 spiro atoms. The Hall–Kier alpha value is -1.49. The Balaban J connectivity index is 1.39. The smallest absolute Gasteiger partial charge is 0.225 e. The highest BCUT2D eigenvalue weighted by atomic mass is 19.1. The largest absolute Gasteiger partial charge is 0.342 e.